The third-order valence-corrected chi connectivity index (χ3v) is 4.73. The molecule has 1 N–H and O–H groups in total. The maximum Gasteiger partial charge on any atom is 0.249 e. The molecule has 0 bridgehead atoms. The molecule has 2 aliphatic rings. The van der Waals surface area contributed by atoms with Crippen molar-refractivity contribution in [3.8, 4) is 0 Å². The summed E-state index contributed by atoms with van der Waals surface area (Å²) in [6.45, 7) is 0. The Bertz CT molecular complexity index is 697. The zero-order valence-corrected chi connectivity index (χ0v) is 11.6. The first kappa shape index (κ1) is 13.0. The van der Waals surface area contributed by atoms with Gasteiger partial charge in [-0.1, -0.05) is 6.07 Å². The van der Waals surface area contributed by atoms with E-state index in [0.717, 1.165) is 24.1 Å². The van der Waals surface area contributed by atoms with Crippen LogP contribution < -0.4 is 10.3 Å². The average molecular weight is 295 g/mol. The van der Waals surface area contributed by atoms with Gasteiger partial charge in [0.05, 0.1) is 21.6 Å². The van der Waals surface area contributed by atoms with Crippen LogP contribution in [-0.4, -0.2) is 26.6 Å². The lowest BCUT2D eigenvalue weighted by Gasteiger charge is -2.32. The second-order valence-electron chi connectivity index (χ2n) is 5.12. The smallest absolute Gasteiger partial charge is 0.249 e. The molecule has 1 aliphatic heterocycles. The number of hydrogen-bond donors (Lipinski definition) is 1. The standard InChI is InChI=1S/C12H13N3O4S/c1-20(18,19)9-4-2-3-8-10(9)13-12(16)11(7-5-6-7)15(8)14-17/h2-4,7,11H,5-6H2,1H3,(H,13,16). The number of nitrogens with one attached hydrogen (secondary N) is 1. The molecule has 0 radical (unpaired) electrons. The molecule has 0 spiro atoms. The van der Waals surface area contributed by atoms with Gasteiger partial charge in [-0.3, -0.25) is 4.79 Å². The Morgan fingerprint density at radius 1 is 1.35 bits per heavy atom. The fourth-order valence-corrected chi connectivity index (χ4v) is 3.38. The fraction of sp³-hybridized carbons (Fsp3) is 0.417. The summed E-state index contributed by atoms with van der Waals surface area (Å²) in [5.74, 6) is -0.279. The van der Waals surface area contributed by atoms with Crippen molar-refractivity contribution in [1.29, 1.82) is 0 Å². The third kappa shape index (κ3) is 1.96. The zero-order chi connectivity index (χ0) is 14.5. The Morgan fingerprint density at radius 2 is 2.05 bits per heavy atom. The van der Waals surface area contributed by atoms with E-state index < -0.39 is 15.9 Å². The summed E-state index contributed by atoms with van der Waals surface area (Å²) in [4.78, 5) is 23.3. The van der Waals surface area contributed by atoms with Gasteiger partial charge in [0, 0.05) is 6.26 Å². The van der Waals surface area contributed by atoms with E-state index in [1.54, 1.807) is 6.07 Å². The van der Waals surface area contributed by atoms with E-state index in [1.807, 2.05) is 0 Å². The summed E-state index contributed by atoms with van der Waals surface area (Å²) in [6.07, 6.45) is 2.79. The van der Waals surface area contributed by atoms with E-state index in [1.165, 1.54) is 12.1 Å². The molecule has 8 heteroatoms. The van der Waals surface area contributed by atoms with Crippen LogP contribution in [-0.2, 0) is 14.6 Å². The van der Waals surface area contributed by atoms with Crippen LogP contribution in [0, 0.1) is 10.8 Å². The Hall–Kier alpha value is -1.96. The van der Waals surface area contributed by atoms with Gasteiger partial charge in [-0.05, 0) is 30.9 Å². The number of nitrogens with zero attached hydrogens (tertiary/aromatic N) is 2. The van der Waals surface area contributed by atoms with Gasteiger partial charge in [-0.2, -0.15) is 0 Å². The number of amides is 1. The summed E-state index contributed by atoms with van der Waals surface area (Å²) >= 11 is 0. The van der Waals surface area contributed by atoms with Gasteiger partial charge >= 0.3 is 0 Å². The number of fused-ring (bicyclic) bond motifs is 1. The highest BCUT2D eigenvalue weighted by molar-refractivity contribution is 7.90. The number of para-hydroxylation sites is 1. The van der Waals surface area contributed by atoms with Gasteiger partial charge in [0.25, 0.3) is 0 Å². The first-order valence-corrected chi connectivity index (χ1v) is 8.09. The normalized spacial score (nSPS) is 22.1. The number of anilines is 2. The van der Waals surface area contributed by atoms with Crippen molar-refractivity contribution in [2.24, 2.45) is 11.2 Å². The van der Waals surface area contributed by atoms with Gasteiger partial charge in [0.15, 0.2) is 9.84 Å². The van der Waals surface area contributed by atoms with Crippen LogP contribution in [0.2, 0.25) is 0 Å². The Labute approximate surface area is 115 Å². The molecule has 1 fully saturated rings. The molecule has 1 saturated carbocycles. The molecule has 106 valence electrons. The van der Waals surface area contributed by atoms with Gasteiger partial charge in [-0.25, -0.2) is 13.4 Å². The second-order valence-corrected chi connectivity index (χ2v) is 7.10. The minimum absolute atomic E-state index is 0.00810. The molecule has 1 heterocycles. The summed E-state index contributed by atoms with van der Waals surface area (Å²) < 4.78 is 23.5. The molecule has 1 amide bonds. The summed E-state index contributed by atoms with van der Waals surface area (Å²) in [5, 5.41) is 6.64. The predicted molar refractivity (Wildman–Crippen MR) is 73.0 cm³/mol. The highest BCUT2D eigenvalue weighted by Gasteiger charge is 2.45. The number of sulfone groups is 1. The molecule has 1 unspecified atom stereocenters. The molecular weight excluding hydrogens is 282 g/mol. The van der Waals surface area contributed by atoms with Crippen LogP contribution in [0.15, 0.2) is 28.4 Å². The first-order valence-electron chi connectivity index (χ1n) is 6.20. The minimum Gasteiger partial charge on any atom is -0.321 e. The van der Waals surface area contributed by atoms with Crippen molar-refractivity contribution in [2.45, 2.75) is 23.8 Å². The van der Waals surface area contributed by atoms with Crippen molar-refractivity contribution < 1.29 is 13.2 Å². The number of carbonyl (C=O) groups excluding carboxylic acids is 1. The van der Waals surface area contributed by atoms with Crippen molar-refractivity contribution in [3.63, 3.8) is 0 Å². The topological polar surface area (TPSA) is 95.9 Å². The van der Waals surface area contributed by atoms with Gasteiger partial charge in [0.2, 0.25) is 5.91 Å². The van der Waals surface area contributed by atoms with Crippen LogP contribution in [0.25, 0.3) is 0 Å². The number of benzene rings is 1. The Morgan fingerprint density at radius 3 is 2.60 bits per heavy atom. The van der Waals surface area contributed by atoms with Crippen molar-refractivity contribution in [1.82, 2.24) is 0 Å². The largest absolute Gasteiger partial charge is 0.321 e. The van der Waals surface area contributed by atoms with E-state index in [2.05, 4.69) is 10.6 Å². The average Bonchev–Trinajstić information content (AvgIpc) is 3.19. The molecular formula is C12H13N3O4S. The molecule has 7 nitrogen and oxygen atoms in total. The second kappa shape index (κ2) is 4.27. The minimum atomic E-state index is -3.51. The highest BCUT2D eigenvalue weighted by Crippen LogP contribution is 2.44. The summed E-state index contributed by atoms with van der Waals surface area (Å²) in [5.41, 5.74) is 0.468. The number of carbonyl (C=O) groups is 1. The zero-order valence-electron chi connectivity index (χ0n) is 10.7. The molecule has 1 atom stereocenters. The van der Waals surface area contributed by atoms with Crippen LogP contribution in [0.4, 0.5) is 11.4 Å². The SMILES string of the molecule is CS(=O)(=O)c1cccc2c1NC(=O)C(C1CC1)N2N=O. The van der Waals surface area contributed by atoms with E-state index in [9.17, 15) is 18.1 Å². The summed E-state index contributed by atoms with van der Waals surface area (Å²) in [7, 11) is -3.51. The van der Waals surface area contributed by atoms with Crippen molar-refractivity contribution in [3.05, 3.63) is 23.1 Å². The quantitative estimate of drug-likeness (QED) is 0.848. The molecule has 1 aliphatic carbocycles. The number of rotatable bonds is 3. The molecule has 1 aromatic rings. The molecule has 0 saturated heterocycles. The van der Waals surface area contributed by atoms with Crippen LogP contribution in [0.3, 0.4) is 0 Å². The molecule has 1 aromatic carbocycles. The lowest BCUT2D eigenvalue weighted by atomic mass is 10.1. The van der Waals surface area contributed by atoms with Crippen LogP contribution in [0.5, 0.6) is 0 Å². The van der Waals surface area contributed by atoms with Crippen molar-refractivity contribution >= 4 is 27.1 Å². The first-order chi connectivity index (χ1) is 9.43. The van der Waals surface area contributed by atoms with Crippen molar-refractivity contribution in [2.75, 3.05) is 16.6 Å². The highest BCUT2D eigenvalue weighted by atomic mass is 32.2. The van der Waals surface area contributed by atoms with E-state index >= 15 is 0 Å². The predicted octanol–water partition coefficient (Wildman–Crippen LogP) is 1.31. The molecule has 20 heavy (non-hydrogen) atoms. The summed E-state index contributed by atoms with van der Waals surface area (Å²) in [6, 6.07) is 3.87. The maximum absolute atomic E-state index is 12.1. The number of nitroso groups, excluding NO2 is 1. The Kier molecular flexibility index (Phi) is 2.79. The monoisotopic (exact) mass is 295 g/mol. The molecule has 0 aromatic heterocycles. The van der Waals surface area contributed by atoms with Crippen LogP contribution >= 0.6 is 0 Å². The van der Waals surface area contributed by atoms with Gasteiger partial charge < -0.3 is 5.32 Å². The van der Waals surface area contributed by atoms with Gasteiger partial charge in [0.1, 0.15) is 6.04 Å². The van der Waals surface area contributed by atoms with Crippen LogP contribution in [0.1, 0.15) is 12.8 Å². The lowest BCUT2D eigenvalue weighted by Crippen LogP contribution is -2.47. The van der Waals surface area contributed by atoms with E-state index in [4.69, 9.17) is 0 Å². The maximum atomic E-state index is 12.1. The van der Waals surface area contributed by atoms with Gasteiger partial charge in [-0.15, -0.1) is 4.91 Å². The number of hydrogen-bond acceptors (Lipinski definition) is 5. The van der Waals surface area contributed by atoms with E-state index in [0.29, 0.717) is 5.69 Å². The third-order valence-electron chi connectivity index (χ3n) is 3.59. The van der Waals surface area contributed by atoms with E-state index in [-0.39, 0.29) is 22.4 Å². The Balaban J connectivity index is 2.18. The lowest BCUT2D eigenvalue weighted by molar-refractivity contribution is -0.118. The fourth-order valence-electron chi connectivity index (χ4n) is 2.52. The molecule has 3 rings (SSSR count).